The quantitative estimate of drug-likeness (QED) is 0.839. The van der Waals surface area contributed by atoms with E-state index in [-0.39, 0.29) is 16.6 Å². The molecular weight excluding hydrogens is 341 g/mol. The summed E-state index contributed by atoms with van der Waals surface area (Å²) in [4.78, 5) is 14.9. The van der Waals surface area contributed by atoms with Gasteiger partial charge < -0.3 is 4.90 Å². The van der Waals surface area contributed by atoms with Crippen molar-refractivity contribution >= 4 is 21.4 Å². The predicted molar refractivity (Wildman–Crippen MR) is 94.9 cm³/mol. The summed E-state index contributed by atoms with van der Waals surface area (Å²) in [6.45, 7) is 0. The zero-order chi connectivity index (χ0) is 18.2. The Labute approximate surface area is 147 Å². The lowest BCUT2D eigenvalue weighted by Gasteiger charge is -2.43. The molecule has 0 N–H and O–H groups in total. The minimum Gasteiger partial charge on any atom is -0.315 e. The standard InChI is InChI=1S/C19H20FNO3S/c1-21(16-7-9-17(10-8-16)25(2,23)24)18(22)19(11-4-12-19)14-5-3-6-15(20)13-14/h3,5-10,13H,4,11-12H2,1-2H3. The van der Waals surface area contributed by atoms with Crippen LogP contribution in [0.25, 0.3) is 0 Å². The first kappa shape index (κ1) is 17.6. The van der Waals surface area contributed by atoms with E-state index in [2.05, 4.69) is 0 Å². The Morgan fingerprint density at radius 2 is 1.76 bits per heavy atom. The third kappa shape index (κ3) is 3.18. The number of hydrogen-bond donors (Lipinski definition) is 0. The third-order valence-electron chi connectivity index (χ3n) is 4.95. The number of benzene rings is 2. The first-order valence-corrected chi connectivity index (χ1v) is 9.97. The highest BCUT2D eigenvalue weighted by Crippen LogP contribution is 2.45. The van der Waals surface area contributed by atoms with Crippen molar-refractivity contribution in [2.75, 3.05) is 18.2 Å². The Morgan fingerprint density at radius 1 is 1.12 bits per heavy atom. The van der Waals surface area contributed by atoms with E-state index < -0.39 is 15.3 Å². The van der Waals surface area contributed by atoms with Gasteiger partial charge >= 0.3 is 0 Å². The molecule has 0 atom stereocenters. The van der Waals surface area contributed by atoms with Crippen LogP contribution in [0.15, 0.2) is 53.4 Å². The molecule has 25 heavy (non-hydrogen) atoms. The summed E-state index contributed by atoms with van der Waals surface area (Å²) in [5, 5.41) is 0. The highest BCUT2D eigenvalue weighted by molar-refractivity contribution is 7.90. The summed E-state index contributed by atoms with van der Waals surface area (Å²) >= 11 is 0. The Kier molecular flexibility index (Phi) is 4.41. The van der Waals surface area contributed by atoms with Gasteiger partial charge in [-0.1, -0.05) is 18.6 Å². The minimum absolute atomic E-state index is 0.101. The van der Waals surface area contributed by atoms with Crippen LogP contribution in [0.2, 0.25) is 0 Å². The molecule has 0 bridgehead atoms. The van der Waals surface area contributed by atoms with E-state index in [0.717, 1.165) is 12.7 Å². The molecule has 1 aliphatic rings. The van der Waals surface area contributed by atoms with Crippen LogP contribution in [-0.2, 0) is 20.0 Å². The molecule has 0 aliphatic heterocycles. The van der Waals surface area contributed by atoms with Crippen LogP contribution in [0.1, 0.15) is 24.8 Å². The second-order valence-electron chi connectivity index (χ2n) is 6.58. The Bertz CT molecular complexity index is 903. The van der Waals surface area contributed by atoms with Gasteiger partial charge in [-0.2, -0.15) is 0 Å². The van der Waals surface area contributed by atoms with Gasteiger partial charge in [-0.3, -0.25) is 4.79 Å². The van der Waals surface area contributed by atoms with Gasteiger partial charge in [0.15, 0.2) is 9.84 Å². The maximum Gasteiger partial charge on any atom is 0.237 e. The van der Waals surface area contributed by atoms with E-state index in [1.54, 1.807) is 31.3 Å². The van der Waals surface area contributed by atoms with Gasteiger partial charge in [-0.05, 0) is 54.8 Å². The van der Waals surface area contributed by atoms with Gasteiger partial charge in [-0.15, -0.1) is 0 Å². The highest BCUT2D eigenvalue weighted by atomic mass is 32.2. The number of sulfone groups is 1. The molecule has 0 spiro atoms. The lowest BCUT2D eigenvalue weighted by Crippen LogP contribution is -2.50. The molecule has 3 rings (SSSR count). The van der Waals surface area contributed by atoms with Crippen LogP contribution in [0.5, 0.6) is 0 Å². The maximum atomic E-state index is 13.6. The topological polar surface area (TPSA) is 54.5 Å². The lowest BCUT2D eigenvalue weighted by atomic mass is 9.63. The van der Waals surface area contributed by atoms with E-state index in [1.807, 2.05) is 0 Å². The SMILES string of the molecule is CN(C(=O)C1(c2cccc(F)c2)CCC1)c1ccc(S(C)(=O)=O)cc1. The molecule has 2 aromatic carbocycles. The molecule has 0 aromatic heterocycles. The number of nitrogens with zero attached hydrogens (tertiary/aromatic N) is 1. The van der Waals surface area contributed by atoms with E-state index >= 15 is 0 Å². The van der Waals surface area contributed by atoms with Crippen molar-refractivity contribution in [1.29, 1.82) is 0 Å². The molecule has 0 saturated heterocycles. The maximum absolute atomic E-state index is 13.6. The third-order valence-corrected chi connectivity index (χ3v) is 6.08. The molecule has 1 fully saturated rings. The zero-order valence-corrected chi connectivity index (χ0v) is 15.0. The second kappa shape index (κ2) is 6.26. The number of halogens is 1. The van der Waals surface area contributed by atoms with Crippen molar-refractivity contribution in [2.24, 2.45) is 0 Å². The van der Waals surface area contributed by atoms with Crippen LogP contribution in [0.4, 0.5) is 10.1 Å². The largest absolute Gasteiger partial charge is 0.315 e. The smallest absolute Gasteiger partial charge is 0.237 e. The first-order valence-electron chi connectivity index (χ1n) is 8.08. The average molecular weight is 361 g/mol. The number of carbonyl (C=O) groups excluding carboxylic acids is 1. The Balaban J connectivity index is 1.91. The lowest BCUT2D eigenvalue weighted by molar-refractivity contribution is -0.126. The van der Waals surface area contributed by atoms with Gasteiger partial charge in [0, 0.05) is 19.0 Å². The predicted octanol–water partition coefficient (Wildman–Crippen LogP) is 3.31. The minimum atomic E-state index is -3.28. The molecule has 0 heterocycles. The highest BCUT2D eigenvalue weighted by Gasteiger charge is 2.47. The van der Waals surface area contributed by atoms with Gasteiger partial charge in [-0.25, -0.2) is 12.8 Å². The first-order chi connectivity index (χ1) is 11.7. The number of likely N-dealkylation sites (N-methyl/N-ethyl adjacent to an activating group) is 1. The van der Waals surface area contributed by atoms with Crippen LogP contribution >= 0.6 is 0 Å². The molecule has 0 unspecified atom stereocenters. The van der Waals surface area contributed by atoms with Gasteiger partial charge in [0.25, 0.3) is 0 Å². The Morgan fingerprint density at radius 3 is 2.24 bits per heavy atom. The number of hydrogen-bond acceptors (Lipinski definition) is 3. The molecular formula is C19H20FNO3S. The number of amides is 1. The monoisotopic (exact) mass is 361 g/mol. The van der Waals surface area contributed by atoms with Crippen molar-refractivity contribution < 1.29 is 17.6 Å². The van der Waals surface area contributed by atoms with Crippen molar-refractivity contribution in [3.63, 3.8) is 0 Å². The summed E-state index contributed by atoms with van der Waals surface area (Å²) in [5.41, 5.74) is 0.607. The van der Waals surface area contributed by atoms with Crippen LogP contribution < -0.4 is 4.90 Å². The fourth-order valence-corrected chi connectivity index (χ4v) is 3.93. The van der Waals surface area contributed by atoms with E-state index in [4.69, 9.17) is 0 Å². The van der Waals surface area contributed by atoms with E-state index in [1.165, 1.54) is 29.2 Å². The van der Waals surface area contributed by atoms with E-state index in [9.17, 15) is 17.6 Å². The molecule has 2 aromatic rings. The van der Waals surface area contributed by atoms with Crippen LogP contribution in [-0.4, -0.2) is 27.6 Å². The van der Waals surface area contributed by atoms with Gasteiger partial charge in [0.05, 0.1) is 10.3 Å². The normalized spacial score (nSPS) is 16.1. The van der Waals surface area contributed by atoms with Crippen molar-refractivity contribution in [3.05, 3.63) is 59.9 Å². The van der Waals surface area contributed by atoms with Crippen molar-refractivity contribution in [3.8, 4) is 0 Å². The fraction of sp³-hybridized carbons (Fsp3) is 0.316. The molecule has 1 aliphatic carbocycles. The number of anilines is 1. The molecule has 6 heteroatoms. The summed E-state index contributed by atoms with van der Waals surface area (Å²) in [6, 6.07) is 12.4. The summed E-state index contributed by atoms with van der Waals surface area (Å²) in [6.07, 6.45) is 3.43. The van der Waals surface area contributed by atoms with Crippen molar-refractivity contribution in [1.82, 2.24) is 0 Å². The molecule has 132 valence electrons. The molecule has 1 saturated carbocycles. The summed E-state index contributed by atoms with van der Waals surface area (Å²) in [5.74, 6) is -0.451. The average Bonchev–Trinajstić information content (AvgIpc) is 2.52. The summed E-state index contributed by atoms with van der Waals surface area (Å²) in [7, 11) is -1.62. The summed E-state index contributed by atoms with van der Waals surface area (Å²) < 4.78 is 36.7. The molecule has 0 radical (unpaired) electrons. The van der Waals surface area contributed by atoms with Crippen LogP contribution in [0, 0.1) is 5.82 Å². The van der Waals surface area contributed by atoms with Gasteiger partial charge in [0.1, 0.15) is 5.82 Å². The van der Waals surface area contributed by atoms with E-state index in [0.29, 0.717) is 24.1 Å². The number of rotatable bonds is 4. The zero-order valence-electron chi connectivity index (χ0n) is 14.2. The van der Waals surface area contributed by atoms with Crippen LogP contribution in [0.3, 0.4) is 0 Å². The Hall–Kier alpha value is -2.21. The molecule has 1 amide bonds. The van der Waals surface area contributed by atoms with Gasteiger partial charge in [0.2, 0.25) is 5.91 Å². The molecule has 4 nitrogen and oxygen atoms in total. The van der Waals surface area contributed by atoms with Crippen molar-refractivity contribution in [2.45, 2.75) is 29.6 Å². The number of carbonyl (C=O) groups is 1. The fourth-order valence-electron chi connectivity index (χ4n) is 3.30. The second-order valence-corrected chi connectivity index (χ2v) is 8.59.